The van der Waals surface area contributed by atoms with Gasteiger partial charge in [-0.2, -0.15) is 0 Å². The number of aliphatic carboxylic acids is 1. The van der Waals surface area contributed by atoms with E-state index >= 15 is 0 Å². The Bertz CT molecular complexity index is 549. The van der Waals surface area contributed by atoms with Crippen LogP contribution in [0.2, 0.25) is 0 Å². The van der Waals surface area contributed by atoms with Gasteiger partial charge in [-0.1, -0.05) is 0 Å². The maximum atomic E-state index is 12.0. The topological polar surface area (TPSA) is 92.4 Å². The number of halogens is 1. The SMILES string of the molecule is Cc1cc(I)ccc1NC(=O)CSC(C)(C)[C@@H](N)C(=O)O. The molecule has 0 aliphatic carbocycles. The van der Waals surface area contributed by atoms with E-state index in [0.717, 1.165) is 14.8 Å². The molecule has 1 atom stereocenters. The average molecular weight is 422 g/mol. The first kappa shape index (κ1) is 18.2. The summed E-state index contributed by atoms with van der Waals surface area (Å²) in [5.41, 5.74) is 7.37. The molecule has 0 saturated heterocycles. The third-order valence-electron chi connectivity index (χ3n) is 3.05. The highest BCUT2D eigenvalue weighted by Gasteiger charge is 2.33. The van der Waals surface area contributed by atoms with Crippen molar-refractivity contribution in [2.24, 2.45) is 5.73 Å². The molecule has 0 saturated carbocycles. The van der Waals surface area contributed by atoms with Crippen molar-refractivity contribution in [2.45, 2.75) is 31.6 Å². The molecule has 1 aromatic carbocycles. The van der Waals surface area contributed by atoms with Crippen LogP contribution in [0.4, 0.5) is 5.69 Å². The summed E-state index contributed by atoms with van der Waals surface area (Å²) >= 11 is 3.44. The van der Waals surface area contributed by atoms with Crippen LogP contribution in [-0.2, 0) is 9.59 Å². The Hall–Kier alpha value is -0.800. The second-order valence-electron chi connectivity index (χ2n) is 5.22. The number of hydrogen-bond acceptors (Lipinski definition) is 4. The third-order valence-corrected chi connectivity index (χ3v) is 5.13. The normalized spacial score (nSPS) is 12.8. The van der Waals surface area contributed by atoms with E-state index in [0.29, 0.717) is 0 Å². The van der Waals surface area contributed by atoms with Crippen LogP contribution in [0.1, 0.15) is 19.4 Å². The fourth-order valence-corrected chi connectivity index (χ4v) is 3.09. The largest absolute Gasteiger partial charge is 0.480 e. The molecule has 0 unspecified atom stereocenters. The van der Waals surface area contributed by atoms with Crippen LogP contribution >= 0.6 is 34.4 Å². The first-order valence-corrected chi connectivity index (χ1v) is 8.38. The summed E-state index contributed by atoms with van der Waals surface area (Å²) in [7, 11) is 0. The Labute approximate surface area is 142 Å². The lowest BCUT2D eigenvalue weighted by molar-refractivity contribution is -0.139. The number of nitrogens with two attached hydrogens (primary N) is 1. The number of thioether (sulfide) groups is 1. The monoisotopic (exact) mass is 422 g/mol. The van der Waals surface area contributed by atoms with Gasteiger partial charge < -0.3 is 16.2 Å². The highest BCUT2D eigenvalue weighted by atomic mass is 127. The highest BCUT2D eigenvalue weighted by Crippen LogP contribution is 2.27. The summed E-state index contributed by atoms with van der Waals surface area (Å²) in [6.07, 6.45) is 0. The number of carbonyl (C=O) groups is 2. The van der Waals surface area contributed by atoms with Gasteiger partial charge in [0.15, 0.2) is 0 Å². The predicted octanol–water partition coefficient (Wildman–Crippen LogP) is 2.46. The number of rotatable bonds is 6. The molecule has 0 heterocycles. The van der Waals surface area contributed by atoms with Crippen LogP contribution in [0.15, 0.2) is 18.2 Å². The van der Waals surface area contributed by atoms with Crippen molar-refractivity contribution in [3.05, 3.63) is 27.3 Å². The molecule has 0 aromatic heterocycles. The second-order valence-corrected chi connectivity index (χ2v) is 8.09. The van der Waals surface area contributed by atoms with Crippen molar-refractivity contribution in [3.8, 4) is 0 Å². The number of nitrogens with one attached hydrogen (secondary N) is 1. The molecule has 0 bridgehead atoms. The van der Waals surface area contributed by atoms with Crippen molar-refractivity contribution in [1.29, 1.82) is 0 Å². The standard InChI is InChI=1S/C14H19IN2O3S/c1-8-6-9(15)4-5-10(8)17-11(18)7-21-14(2,3)12(16)13(19)20/h4-6,12H,7,16H2,1-3H3,(H,17,18)(H,19,20)/t12-/m0/s1. The second kappa shape index (κ2) is 7.46. The minimum atomic E-state index is -1.07. The Morgan fingerprint density at radius 3 is 2.62 bits per heavy atom. The number of hydrogen-bond donors (Lipinski definition) is 3. The van der Waals surface area contributed by atoms with Crippen molar-refractivity contribution in [1.82, 2.24) is 0 Å². The quantitative estimate of drug-likeness (QED) is 0.613. The Morgan fingerprint density at radius 1 is 1.48 bits per heavy atom. The molecule has 0 radical (unpaired) electrons. The minimum absolute atomic E-state index is 0.152. The maximum absolute atomic E-state index is 12.0. The number of carboxylic acids is 1. The number of anilines is 1. The summed E-state index contributed by atoms with van der Waals surface area (Å²) in [6, 6.07) is 4.73. The number of aryl methyl sites for hydroxylation is 1. The van der Waals surface area contributed by atoms with E-state index in [1.807, 2.05) is 25.1 Å². The molecule has 0 spiro atoms. The molecule has 7 heteroatoms. The fraction of sp³-hybridized carbons (Fsp3) is 0.429. The number of amides is 1. The van der Waals surface area contributed by atoms with E-state index in [2.05, 4.69) is 27.9 Å². The molecular weight excluding hydrogens is 403 g/mol. The lowest BCUT2D eigenvalue weighted by Crippen LogP contribution is -2.47. The van der Waals surface area contributed by atoms with E-state index in [4.69, 9.17) is 10.8 Å². The van der Waals surface area contributed by atoms with E-state index < -0.39 is 16.8 Å². The first-order valence-electron chi connectivity index (χ1n) is 6.32. The van der Waals surface area contributed by atoms with Gasteiger partial charge in [0.1, 0.15) is 6.04 Å². The average Bonchev–Trinajstić information content (AvgIpc) is 2.39. The zero-order chi connectivity index (χ0) is 16.2. The van der Waals surface area contributed by atoms with Gasteiger partial charge in [-0.15, -0.1) is 11.8 Å². The van der Waals surface area contributed by atoms with Crippen LogP contribution < -0.4 is 11.1 Å². The molecule has 0 fully saturated rings. The molecule has 4 N–H and O–H groups in total. The maximum Gasteiger partial charge on any atom is 0.321 e. The molecular formula is C14H19IN2O3S. The van der Waals surface area contributed by atoms with E-state index in [1.165, 1.54) is 11.8 Å². The van der Waals surface area contributed by atoms with Gasteiger partial charge >= 0.3 is 5.97 Å². The molecule has 21 heavy (non-hydrogen) atoms. The first-order chi connectivity index (χ1) is 9.63. The molecule has 0 aliphatic rings. The van der Waals surface area contributed by atoms with Gasteiger partial charge in [-0.3, -0.25) is 9.59 Å². The van der Waals surface area contributed by atoms with E-state index in [1.54, 1.807) is 13.8 Å². The summed E-state index contributed by atoms with van der Waals surface area (Å²) < 4.78 is 0.385. The Balaban J connectivity index is 2.60. The van der Waals surface area contributed by atoms with Crippen LogP contribution in [0.3, 0.4) is 0 Å². The molecule has 5 nitrogen and oxygen atoms in total. The van der Waals surface area contributed by atoms with Crippen molar-refractivity contribution in [2.75, 3.05) is 11.1 Å². The number of benzene rings is 1. The lowest BCUT2D eigenvalue weighted by Gasteiger charge is -2.27. The number of carbonyl (C=O) groups excluding carboxylic acids is 1. The van der Waals surface area contributed by atoms with Crippen molar-refractivity contribution < 1.29 is 14.7 Å². The van der Waals surface area contributed by atoms with Crippen LogP contribution in [-0.4, -0.2) is 33.5 Å². The zero-order valence-corrected chi connectivity index (χ0v) is 15.1. The van der Waals surface area contributed by atoms with Crippen molar-refractivity contribution in [3.63, 3.8) is 0 Å². The Kier molecular flexibility index (Phi) is 6.48. The predicted molar refractivity (Wildman–Crippen MR) is 94.7 cm³/mol. The highest BCUT2D eigenvalue weighted by molar-refractivity contribution is 14.1. The van der Waals surface area contributed by atoms with Crippen molar-refractivity contribution >= 4 is 51.9 Å². The smallest absolute Gasteiger partial charge is 0.321 e. The Morgan fingerprint density at radius 2 is 2.10 bits per heavy atom. The van der Waals surface area contributed by atoms with E-state index in [-0.39, 0.29) is 11.7 Å². The van der Waals surface area contributed by atoms with Gasteiger partial charge in [0.2, 0.25) is 5.91 Å². The molecule has 1 aromatic rings. The molecule has 1 amide bonds. The third kappa shape index (κ3) is 5.48. The van der Waals surface area contributed by atoms with Gasteiger partial charge in [-0.05, 0) is 67.1 Å². The van der Waals surface area contributed by atoms with Gasteiger partial charge in [0.25, 0.3) is 0 Å². The summed E-state index contributed by atoms with van der Waals surface area (Å²) in [5.74, 6) is -1.09. The fourth-order valence-electron chi connectivity index (χ4n) is 1.59. The summed E-state index contributed by atoms with van der Waals surface area (Å²) in [5, 5.41) is 11.8. The molecule has 0 aliphatic heterocycles. The number of carboxylic acid groups (broad SMARTS) is 1. The van der Waals surface area contributed by atoms with Crippen LogP contribution in [0, 0.1) is 10.5 Å². The minimum Gasteiger partial charge on any atom is -0.480 e. The van der Waals surface area contributed by atoms with Gasteiger partial charge in [0, 0.05) is 14.0 Å². The van der Waals surface area contributed by atoms with Gasteiger partial charge in [0.05, 0.1) is 5.75 Å². The van der Waals surface area contributed by atoms with Gasteiger partial charge in [-0.25, -0.2) is 0 Å². The summed E-state index contributed by atoms with van der Waals surface area (Å²) in [6.45, 7) is 5.37. The lowest BCUT2D eigenvalue weighted by atomic mass is 10.1. The summed E-state index contributed by atoms with van der Waals surface area (Å²) in [4.78, 5) is 22.9. The zero-order valence-electron chi connectivity index (χ0n) is 12.1. The van der Waals surface area contributed by atoms with Crippen LogP contribution in [0.5, 0.6) is 0 Å². The van der Waals surface area contributed by atoms with Crippen LogP contribution in [0.25, 0.3) is 0 Å². The van der Waals surface area contributed by atoms with E-state index in [9.17, 15) is 9.59 Å². The molecule has 1 rings (SSSR count). The molecule has 116 valence electrons.